The predicted octanol–water partition coefficient (Wildman–Crippen LogP) is 6.23. The highest BCUT2D eigenvalue weighted by Gasteiger charge is 2.17. The lowest BCUT2D eigenvalue weighted by Gasteiger charge is -2.13. The number of carbonyl (C=O) groups excluding carboxylic acids is 2. The van der Waals surface area contributed by atoms with Gasteiger partial charge in [0, 0.05) is 17.3 Å². The molecule has 35 heavy (non-hydrogen) atoms. The summed E-state index contributed by atoms with van der Waals surface area (Å²) in [6, 6.07) is 16.3. The number of thiocarbonyl (C=S) groups is 1. The molecule has 2 aromatic carbocycles. The van der Waals surface area contributed by atoms with Crippen molar-refractivity contribution in [2.75, 3.05) is 17.7 Å². The molecule has 0 aliphatic rings. The molecule has 11 heteroatoms. The van der Waals surface area contributed by atoms with E-state index >= 15 is 0 Å². The van der Waals surface area contributed by atoms with Crippen LogP contribution in [0.5, 0.6) is 5.75 Å². The zero-order valence-corrected chi connectivity index (χ0v) is 20.4. The smallest absolute Gasteiger partial charge is 0.293 e. The van der Waals surface area contributed by atoms with Crippen molar-refractivity contribution >= 4 is 63.7 Å². The quantitative estimate of drug-likeness (QED) is 0.254. The minimum Gasteiger partial charge on any atom is -0.494 e. The van der Waals surface area contributed by atoms with Crippen LogP contribution in [0.4, 0.5) is 11.4 Å². The molecule has 2 aromatic heterocycles. The molecule has 4 rings (SSSR count). The van der Waals surface area contributed by atoms with E-state index in [2.05, 4.69) is 16.0 Å². The second kappa shape index (κ2) is 10.6. The molecule has 0 spiro atoms. The zero-order chi connectivity index (χ0) is 24.9. The Labute approximate surface area is 215 Å². The summed E-state index contributed by atoms with van der Waals surface area (Å²) in [4.78, 5) is 24.8. The van der Waals surface area contributed by atoms with E-state index in [-0.39, 0.29) is 16.6 Å². The van der Waals surface area contributed by atoms with Gasteiger partial charge in [-0.1, -0.05) is 29.3 Å². The maximum absolute atomic E-state index is 12.6. The number of hydrogen-bond donors (Lipinski definition) is 3. The number of hydrogen-bond acceptors (Lipinski definition) is 6. The van der Waals surface area contributed by atoms with E-state index in [1.54, 1.807) is 54.6 Å². The summed E-state index contributed by atoms with van der Waals surface area (Å²) in [6.07, 6.45) is 1.41. The summed E-state index contributed by atoms with van der Waals surface area (Å²) in [7, 11) is 1.46. The molecule has 0 radical (unpaired) electrons. The van der Waals surface area contributed by atoms with Crippen LogP contribution in [0.2, 0.25) is 10.0 Å². The van der Waals surface area contributed by atoms with E-state index in [9.17, 15) is 9.59 Å². The van der Waals surface area contributed by atoms with E-state index in [4.69, 9.17) is 49.0 Å². The highest BCUT2D eigenvalue weighted by atomic mass is 35.5. The molecule has 0 unspecified atom stereocenters. The van der Waals surface area contributed by atoms with Crippen LogP contribution in [0.25, 0.3) is 11.3 Å². The maximum atomic E-state index is 12.6. The third kappa shape index (κ3) is 5.65. The normalized spacial score (nSPS) is 10.5. The van der Waals surface area contributed by atoms with Crippen LogP contribution in [0.1, 0.15) is 21.1 Å². The molecular formula is C24H17Cl2N3O5S. The summed E-state index contributed by atoms with van der Waals surface area (Å²) in [5, 5.41) is 8.86. The van der Waals surface area contributed by atoms with Gasteiger partial charge in [0.05, 0.1) is 29.1 Å². The summed E-state index contributed by atoms with van der Waals surface area (Å²) in [5.74, 6) is -0.0166. The number of carbonyl (C=O) groups is 2. The van der Waals surface area contributed by atoms with E-state index in [0.29, 0.717) is 38.5 Å². The van der Waals surface area contributed by atoms with Crippen LogP contribution >= 0.6 is 35.4 Å². The molecule has 0 saturated carbocycles. The monoisotopic (exact) mass is 529 g/mol. The van der Waals surface area contributed by atoms with Crippen LogP contribution in [0.15, 0.2) is 75.8 Å². The molecule has 0 saturated heterocycles. The van der Waals surface area contributed by atoms with Gasteiger partial charge in [-0.3, -0.25) is 14.9 Å². The summed E-state index contributed by atoms with van der Waals surface area (Å²) in [6.45, 7) is 0. The maximum Gasteiger partial charge on any atom is 0.293 e. The van der Waals surface area contributed by atoms with Gasteiger partial charge in [0.15, 0.2) is 16.6 Å². The average molecular weight is 530 g/mol. The number of nitrogens with one attached hydrogen (secondary N) is 3. The SMILES string of the molecule is COc1cc(NC(=S)NC(=O)c2ccc(-c3cccc(Cl)c3Cl)o2)ccc1NC(=O)c1ccco1. The molecule has 0 aliphatic heterocycles. The van der Waals surface area contributed by atoms with Gasteiger partial charge in [0.2, 0.25) is 0 Å². The Morgan fingerprint density at radius 1 is 0.943 bits per heavy atom. The largest absolute Gasteiger partial charge is 0.494 e. The first kappa shape index (κ1) is 24.3. The first-order valence-electron chi connectivity index (χ1n) is 10.0. The fraction of sp³-hybridized carbons (Fsp3) is 0.0417. The molecule has 0 fully saturated rings. The zero-order valence-electron chi connectivity index (χ0n) is 18.1. The van der Waals surface area contributed by atoms with Crippen molar-refractivity contribution < 1.29 is 23.2 Å². The molecule has 2 amide bonds. The van der Waals surface area contributed by atoms with Crippen molar-refractivity contribution in [3.63, 3.8) is 0 Å². The van der Waals surface area contributed by atoms with Crippen molar-refractivity contribution in [1.29, 1.82) is 0 Å². The number of ether oxygens (including phenoxy) is 1. The lowest BCUT2D eigenvalue weighted by Crippen LogP contribution is -2.33. The predicted molar refractivity (Wildman–Crippen MR) is 138 cm³/mol. The first-order chi connectivity index (χ1) is 16.9. The molecule has 8 nitrogen and oxygen atoms in total. The van der Waals surface area contributed by atoms with Gasteiger partial charge in [-0.2, -0.15) is 0 Å². The summed E-state index contributed by atoms with van der Waals surface area (Å²) < 4.78 is 16.1. The van der Waals surface area contributed by atoms with Crippen molar-refractivity contribution in [3.8, 4) is 17.1 Å². The highest BCUT2D eigenvalue weighted by molar-refractivity contribution is 7.80. The molecule has 178 valence electrons. The second-order valence-corrected chi connectivity index (χ2v) is 8.21. The molecule has 2 heterocycles. The Balaban J connectivity index is 1.40. The van der Waals surface area contributed by atoms with Crippen molar-refractivity contribution in [3.05, 3.63) is 88.5 Å². The van der Waals surface area contributed by atoms with Gasteiger partial charge in [-0.15, -0.1) is 0 Å². The number of rotatable bonds is 6. The summed E-state index contributed by atoms with van der Waals surface area (Å²) in [5.41, 5.74) is 1.51. The number of furan rings is 2. The Kier molecular flexibility index (Phi) is 7.40. The molecule has 0 aliphatic carbocycles. The average Bonchev–Trinajstić information content (AvgIpc) is 3.54. The van der Waals surface area contributed by atoms with E-state index in [0.717, 1.165) is 0 Å². The Bertz CT molecular complexity index is 1400. The minimum absolute atomic E-state index is 0.0307. The lowest BCUT2D eigenvalue weighted by atomic mass is 10.2. The molecule has 3 N–H and O–H groups in total. The van der Waals surface area contributed by atoms with Gasteiger partial charge in [-0.05, 0) is 60.7 Å². The van der Waals surface area contributed by atoms with Gasteiger partial charge < -0.3 is 24.2 Å². The van der Waals surface area contributed by atoms with Crippen LogP contribution in [0, 0.1) is 0 Å². The molecule has 0 atom stereocenters. The van der Waals surface area contributed by atoms with Crippen molar-refractivity contribution in [2.45, 2.75) is 0 Å². The Morgan fingerprint density at radius 3 is 2.51 bits per heavy atom. The van der Waals surface area contributed by atoms with Crippen molar-refractivity contribution in [1.82, 2.24) is 5.32 Å². The first-order valence-corrected chi connectivity index (χ1v) is 11.2. The Hall–Kier alpha value is -3.79. The topological polar surface area (TPSA) is 106 Å². The number of halogens is 2. The van der Waals surface area contributed by atoms with E-state index in [1.807, 2.05) is 0 Å². The van der Waals surface area contributed by atoms with Gasteiger partial charge in [-0.25, -0.2) is 0 Å². The lowest BCUT2D eigenvalue weighted by molar-refractivity contribution is 0.0950. The summed E-state index contributed by atoms with van der Waals surface area (Å²) >= 11 is 17.5. The fourth-order valence-corrected chi connectivity index (χ4v) is 3.69. The standard InChI is InChI=1S/C24H17Cl2N3O5S/c1-32-20-12-13(7-8-16(20)28-22(30)18-6-3-11-33-18)27-24(35)29-23(31)19-10-9-17(34-19)14-4-2-5-15(25)21(14)26/h2-12H,1H3,(H,28,30)(H2,27,29,31,35). The van der Waals surface area contributed by atoms with E-state index in [1.165, 1.54) is 19.4 Å². The number of benzene rings is 2. The van der Waals surface area contributed by atoms with Crippen LogP contribution in [-0.4, -0.2) is 24.0 Å². The van der Waals surface area contributed by atoms with Crippen LogP contribution in [0.3, 0.4) is 0 Å². The third-order valence-corrected chi connectivity index (χ3v) is 5.75. The van der Waals surface area contributed by atoms with E-state index < -0.39 is 11.8 Å². The number of methoxy groups -OCH3 is 1. The number of anilines is 2. The Morgan fingerprint density at radius 2 is 1.77 bits per heavy atom. The number of amides is 2. The highest BCUT2D eigenvalue weighted by Crippen LogP contribution is 2.34. The molecule has 4 aromatic rings. The van der Waals surface area contributed by atoms with Crippen molar-refractivity contribution in [2.24, 2.45) is 0 Å². The molecule has 0 bridgehead atoms. The van der Waals surface area contributed by atoms with Crippen LogP contribution < -0.4 is 20.7 Å². The van der Waals surface area contributed by atoms with Gasteiger partial charge in [0.1, 0.15) is 11.5 Å². The molecular weight excluding hydrogens is 513 g/mol. The minimum atomic E-state index is -0.554. The fourth-order valence-electron chi connectivity index (χ4n) is 3.09. The second-order valence-electron chi connectivity index (χ2n) is 7.02. The van der Waals surface area contributed by atoms with Crippen LogP contribution in [-0.2, 0) is 0 Å². The van der Waals surface area contributed by atoms with Gasteiger partial charge >= 0.3 is 0 Å². The third-order valence-electron chi connectivity index (χ3n) is 4.73. The van der Waals surface area contributed by atoms with Gasteiger partial charge in [0.25, 0.3) is 11.8 Å².